The second-order valence-electron chi connectivity index (χ2n) is 8.09. The van der Waals surface area contributed by atoms with E-state index in [1.165, 1.54) is 6.92 Å². The van der Waals surface area contributed by atoms with Crippen molar-refractivity contribution in [2.24, 2.45) is 5.41 Å². The van der Waals surface area contributed by atoms with Gasteiger partial charge in [0.15, 0.2) is 0 Å². The fourth-order valence-corrected chi connectivity index (χ4v) is 4.05. The predicted molar refractivity (Wildman–Crippen MR) is 111 cm³/mol. The number of nitrogens with zero attached hydrogens (tertiary/aromatic N) is 2. The molecule has 0 spiro atoms. The lowest BCUT2D eigenvalue weighted by molar-refractivity contribution is -0.149. The van der Waals surface area contributed by atoms with Gasteiger partial charge in [0, 0.05) is 37.9 Å². The Bertz CT molecular complexity index is 746. The van der Waals surface area contributed by atoms with Crippen molar-refractivity contribution in [1.29, 1.82) is 0 Å². The lowest BCUT2D eigenvalue weighted by atomic mass is 9.80. The molecule has 1 aromatic rings. The first-order valence-electron chi connectivity index (χ1n) is 10.1. The molecule has 0 bridgehead atoms. The number of rotatable bonds is 5. The van der Waals surface area contributed by atoms with Gasteiger partial charge in [0.05, 0.1) is 25.2 Å². The molecule has 29 heavy (non-hydrogen) atoms. The molecule has 0 radical (unpaired) electrons. The van der Waals surface area contributed by atoms with E-state index in [0.717, 1.165) is 19.4 Å². The number of anilines is 2. The quantitative estimate of drug-likeness (QED) is 0.780. The Hall–Kier alpha value is -2.45. The fraction of sp³-hybridized carbons (Fsp3) is 0.571. The number of nitrogens with one attached hydrogen (secondary N) is 2. The number of hydrogen-bond donors (Lipinski definition) is 2. The van der Waals surface area contributed by atoms with Crippen LogP contribution in [-0.4, -0.2) is 73.5 Å². The Kier molecular flexibility index (Phi) is 6.87. The molecule has 2 heterocycles. The Balaban J connectivity index is 1.53. The Morgan fingerprint density at radius 3 is 2.28 bits per heavy atom. The highest BCUT2D eigenvalue weighted by atomic mass is 16.5. The first kappa shape index (κ1) is 21.3. The van der Waals surface area contributed by atoms with Crippen molar-refractivity contribution in [3.63, 3.8) is 0 Å². The van der Waals surface area contributed by atoms with Crippen LogP contribution in [0.15, 0.2) is 24.3 Å². The number of morpholine rings is 1. The number of ether oxygens (including phenoxy) is 1. The van der Waals surface area contributed by atoms with Gasteiger partial charge >= 0.3 is 0 Å². The van der Waals surface area contributed by atoms with E-state index in [-0.39, 0.29) is 24.3 Å². The summed E-state index contributed by atoms with van der Waals surface area (Å²) in [5.74, 6) is -0.0821. The summed E-state index contributed by atoms with van der Waals surface area (Å²) in [5.41, 5.74) is 0.896. The van der Waals surface area contributed by atoms with Crippen molar-refractivity contribution < 1.29 is 19.1 Å². The highest BCUT2D eigenvalue weighted by Gasteiger charge is 2.41. The highest BCUT2D eigenvalue weighted by Crippen LogP contribution is 2.32. The maximum absolute atomic E-state index is 13.0. The summed E-state index contributed by atoms with van der Waals surface area (Å²) in [5, 5.41) is 5.58. The number of hydrogen-bond acceptors (Lipinski definition) is 5. The molecule has 3 amide bonds. The van der Waals surface area contributed by atoms with Gasteiger partial charge in [-0.2, -0.15) is 0 Å². The molecule has 2 aliphatic heterocycles. The van der Waals surface area contributed by atoms with Crippen molar-refractivity contribution in [2.75, 3.05) is 56.6 Å². The van der Waals surface area contributed by atoms with Crippen LogP contribution in [0.25, 0.3) is 0 Å². The summed E-state index contributed by atoms with van der Waals surface area (Å²) in [7, 11) is 0. The molecule has 2 N–H and O–H groups in total. The molecule has 1 atom stereocenters. The monoisotopic (exact) mass is 402 g/mol. The molecule has 8 heteroatoms. The normalized spacial score (nSPS) is 22.8. The van der Waals surface area contributed by atoms with E-state index in [0.29, 0.717) is 44.2 Å². The molecule has 0 aliphatic carbocycles. The number of piperidine rings is 1. The molecular formula is C21H30N4O4. The van der Waals surface area contributed by atoms with Gasteiger partial charge in [-0.15, -0.1) is 0 Å². The molecule has 1 aromatic carbocycles. The second kappa shape index (κ2) is 9.37. The molecule has 158 valence electrons. The largest absolute Gasteiger partial charge is 0.378 e. The van der Waals surface area contributed by atoms with Crippen LogP contribution >= 0.6 is 0 Å². The van der Waals surface area contributed by atoms with Crippen LogP contribution in [0, 0.1) is 5.41 Å². The Morgan fingerprint density at radius 2 is 1.66 bits per heavy atom. The summed E-state index contributed by atoms with van der Waals surface area (Å²) in [6.07, 6.45) is 1.73. The van der Waals surface area contributed by atoms with E-state index in [9.17, 15) is 14.4 Å². The van der Waals surface area contributed by atoms with Crippen LogP contribution in [0.5, 0.6) is 0 Å². The maximum Gasteiger partial charge on any atom is 0.238 e. The van der Waals surface area contributed by atoms with Gasteiger partial charge < -0.3 is 20.3 Å². The van der Waals surface area contributed by atoms with Gasteiger partial charge in [-0.25, -0.2) is 0 Å². The molecule has 0 saturated carbocycles. The SMILES string of the molecule is CC(=O)Nc1ccc(NC(=O)CN2CCCC(C)(C(=O)N3CCOCC3)C2)cc1. The van der Waals surface area contributed by atoms with Crippen LogP contribution < -0.4 is 10.6 Å². The fourth-order valence-electron chi connectivity index (χ4n) is 4.05. The van der Waals surface area contributed by atoms with Crippen LogP contribution in [0.2, 0.25) is 0 Å². The molecule has 2 saturated heterocycles. The van der Waals surface area contributed by atoms with E-state index in [2.05, 4.69) is 15.5 Å². The molecule has 3 rings (SSSR count). The van der Waals surface area contributed by atoms with Gasteiger partial charge in [-0.05, 0) is 50.6 Å². The standard InChI is InChI=1S/C21H30N4O4/c1-16(26)22-17-4-6-18(7-5-17)23-19(27)14-24-9-3-8-21(2,15-24)20(28)25-10-12-29-13-11-25/h4-7H,3,8-15H2,1-2H3,(H,22,26)(H,23,27). The zero-order valence-corrected chi connectivity index (χ0v) is 17.2. The zero-order valence-electron chi connectivity index (χ0n) is 17.2. The van der Waals surface area contributed by atoms with E-state index >= 15 is 0 Å². The third-order valence-corrected chi connectivity index (χ3v) is 5.45. The van der Waals surface area contributed by atoms with Crippen LogP contribution in [0.3, 0.4) is 0 Å². The Morgan fingerprint density at radius 1 is 1.03 bits per heavy atom. The van der Waals surface area contributed by atoms with Crippen molar-refractivity contribution in [1.82, 2.24) is 9.80 Å². The summed E-state index contributed by atoms with van der Waals surface area (Å²) < 4.78 is 5.35. The summed E-state index contributed by atoms with van der Waals surface area (Å²) >= 11 is 0. The third-order valence-electron chi connectivity index (χ3n) is 5.45. The third kappa shape index (κ3) is 5.77. The second-order valence-corrected chi connectivity index (χ2v) is 8.09. The van der Waals surface area contributed by atoms with E-state index < -0.39 is 5.41 Å². The molecule has 0 aromatic heterocycles. The van der Waals surface area contributed by atoms with Gasteiger partial charge in [-0.3, -0.25) is 19.3 Å². The highest BCUT2D eigenvalue weighted by molar-refractivity contribution is 5.93. The average Bonchev–Trinajstić information content (AvgIpc) is 2.69. The molecule has 1 unspecified atom stereocenters. The van der Waals surface area contributed by atoms with Crippen molar-refractivity contribution >= 4 is 29.1 Å². The number of carbonyl (C=O) groups excluding carboxylic acids is 3. The zero-order chi connectivity index (χ0) is 20.9. The lowest BCUT2D eigenvalue weighted by Gasteiger charge is -2.42. The number of benzene rings is 1. The van der Waals surface area contributed by atoms with Crippen molar-refractivity contribution in [2.45, 2.75) is 26.7 Å². The minimum Gasteiger partial charge on any atom is -0.378 e. The molecular weight excluding hydrogens is 372 g/mol. The lowest BCUT2D eigenvalue weighted by Crippen LogP contribution is -2.54. The number of amides is 3. The van der Waals surface area contributed by atoms with E-state index in [1.54, 1.807) is 24.3 Å². The van der Waals surface area contributed by atoms with Gasteiger partial charge in [0.25, 0.3) is 0 Å². The minimum atomic E-state index is -0.462. The first-order chi connectivity index (χ1) is 13.9. The first-order valence-corrected chi connectivity index (χ1v) is 10.1. The van der Waals surface area contributed by atoms with E-state index in [4.69, 9.17) is 4.74 Å². The average molecular weight is 402 g/mol. The van der Waals surface area contributed by atoms with Gasteiger partial charge in [0.1, 0.15) is 0 Å². The van der Waals surface area contributed by atoms with Gasteiger partial charge in [0.2, 0.25) is 17.7 Å². The van der Waals surface area contributed by atoms with Crippen LogP contribution in [0.1, 0.15) is 26.7 Å². The van der Waals surface area contributed by atoms with Crippen LogP contribution in [-0.2, 0) is 19.1 Å². The minimum absolute atomic E-state index is 0.111. The summed E-state index contributed by atoms with van der Waals surface area (Å²) in [6.45, 7) is 7.57. The molecule has 8 nitrogen and oxygen atoms in total. The topological polar surface area (TPSA) is 91.0 Å². The predicted octanol–water partition coefficient (Wildman–Crippen LogP) is 1.54. The summed E-state index contributed by atoms with van der Waals surface area (Å²) in [4.78, 5) is 40.5. The van der Waals surface area contributed by atoms with E-state index in [1.807, 2.05) is 11.8 Å². The number of carbonyl (C=O) groups is 3. The molecule has 2 aliphatic rings. The van der Waals surface area contributed by atoms with Gasteiger partial charge in [-0.1, -0.05) is 0 Å². The smallest absolute Gasteiger partial charge is 0.238 e. The van der Waals surface area contributed by atoms with Crippen LogP contribution in [0.4, 0.5) is 11.4 Å². The Labute approximate surface area is 171 Å². The molecule has 2 fully saturated rings. The number of likely N-dealkylation sites (tertiary alicyclic amines) is 1. The summed E-state index contributed by atoms with van der Waals surface area (Å²) in [6, 6.07) is 7.00. The van der Waals surface area contributed by atoms with Crippen molar-refractivity contribution in [3.05, 3.63) is 24.3 Å². The van der Waals surface area contributed by atoms with Crippen molar-refractivity contribution in [3.8, 4) is 0 Å². The maximum atomic E-state index is 13.0.